The second kappa shape index (κ2) is 6.49. The van der Waals surface area contributed by atoms with Crippen molar-refractivity contribution in [1.29, 1.82) is 0 Å². The lowest BCUT2D eigenvalue weighted by Crippen LogP contribution is -2.07. The monoisotopic (exact) mass is 360 g/mol. The molecular formula is C12H13BrN2O2S2. The van der Waals surface area contributed by atoms with Crippen LogP contribution >= 0.6 is 38.6 Å². The normalized spacial score (nSPS) is 10.5. The number of halogens is 1. The van der Waals surface area contributed by atoms with Crippen molar-refractivity contribution < 1.29 is 9.53 Å². The molecule has 0 fully saturated rings. The van der Waals surface area contributed by atoms with Crippen LogP contribution in [0.3, 0.4) is 0 Å². The highest BCUT2D eigenvalue weighted by atomic mass is 79.9. The van der Waals surface area contributed by atoms with Gasteiger partial charge in [-0.1, -0.05) is 0 Å². The molecule has 0 aliphatic heterocycles. The molecule has 0 amide bonds. The first kappa shape index (κ1) is 14.5. The van der Waals surface area contributed by atoms with E-state index in [1.807, 2.05) is 13.0 Å². The van der Waals surface area contributed by atoms with E-state index in [0.29, 0.717) is 18.8 Å². The Balaban J connectivity index is 2.01. The molecule has 0 radical (unpaired) electrons. The summed E-state index contributed by atoms with van der Waals surface area (Å²) in [6.45, 7) is 4.72. The number of hydrogen-bond acceptors (Lipinski definition) is 6. The highest BCUT2D eigenvalue weighted by Crippen LogP contribution is 2.26. The molecule has 102 valence electrons. The summed E-state index contributed by atoms with van der Waals surface area (Å²) in [5.41, 5.74) is 0.404. The van der Waals surface area contributed by atoms with Crippen LogP contribution in [0.5, 0.6) is 0 Å². The minimum absolute atomic E-state index is 0.358. The standard InChI is InChI=1S/C12H13BrN2O2S2/c1-3-17-11(16)10-7(2)18-12(15-10)14-6-8-4-5-9(13)19-8/h4-5H,3,6H2,1-2H3,(H,14,15). The Morgan fingerprint density at radius 1 is 1.47 bits per heavy atom. The zero-order valence-corrected chi connectivity index (χ0v) is 13.7. The Bertz CT molecular complexity index is 580. The van der Waals surface area contributed by atoms with Crippen LogP contribution in [0.4, 0.5) is 5.13 Å². The topological polar surface area (TPSA) is 51.2 Å². The average molecular weight is 361 g/mol. The molecule has 1 N–H and O–H groups in total. The number of anilines is 1. The van der Waals surface area contributed by atoms with Crippen LogP contribution in [0.25, 0.3) is 0 Å². The minimum atomic E-state index is -0.358. The van der Waals surface area contributed by atoms with Crippen LogP contribution in [0.1, 0.15) is 27.2 Å². The fraction of sp³-hybridized carbons (Fsp3) is 0.333. The maximum atomic E-state index is 11.6. The molecule has 19 heavy (non-hydrogen) atoms. The van der Waals surface area contributed by atoms with Gasteiger partial charge in [0.05, 0.1) is 16.9 Å². The summed E-state index contributed by atoms with van der Waals surface area (Å²) in [4.78, 5) is 18.0. The fourth-order valence-corrected chi connectivity index (χ4v) is 3.69. The number of rotatable bonds is 5. The second-order valence-electron chi connectivity index (χ2n) is 3.70. The minimum Gasteiger partial charge on any atom is -0.461 e. The van der Waals surface area contributed by atoms with Crippen molar-refractivity contribution in [2.75, 3.05) is 11.9 Å². The van der Waals surface area contributed by atoms with Gasteiger partial charge in [-0.25, -0.2) is 9.78 Å². The van der Waals surface area contributed by atoms with Gasteiger partial charge in [0.2, 0.25) is 0 Å². The number of thiophene rings is 1. The highest BCUT2D eigenvalue weighted by Gasteiger charge is 2.16. The maximum absolute atomic E-state index is 11.6. The first-order chi connectivity index (χ1) is 9.10. The second-order valence-corrected chi connectivity index (χ2v) is 7.45. The highest BCUT2D eigenvalue weighted by molar-refractivity contribution is 9.11. The molecule has 0 unspecified atom stereocenters. The molecule has 2 aromatic rings. The van der Waals surface area contributed by atoms with Crippen molar-refractivity contribution in [3.05, 3.63) is 31.4 Å². The molecule has 0 atom stereocenters. The van der Waals surface area contributed by atoms with Gasteiger partial charge >= 0.3 is 5.97 Å². The number of nitrogens with one attached hydrogen (secondary N) is 1. The van der Waals surface area contributed by atoms with E-state index in [9.17, 15) is 4.79 Å². The number of esters is 1. The number of hydrogen-bond donors (Lipinski definition) is 1. The van der Waals surface area contributed by atoms with E-state index in [-0.39, 0.29) is 5.97 Å². The van der Waals surface area contributed by atoms with E-state index >= 15 is 0 Å². The van der Waals surface area contributed by atoms with E-state index in [2.05, 4.69) is 32.3 Å². The van der Waals surface area contributed by atoms with Crippen molar-refractivity contribution in [3.63, 3.8) is 0 Å². The Kier molecular flexibility index (Phi) is 4.95. The van der Waals surface area contributed by atoms with Crippen molar-refractivity contribution in [1.82, 2.24) is 4.98 Å². The zero-order valence-electron chi connectivity index (χ0n) is 10.5. The smallest absolute Gasteiger partial charge is 0.358 e. The van der Waals surface area contributed by atoms with Crippen LogP contribution in [-0.2, 0) is 11.3 Å². The summed E-state index contributed by atoms with van der Waals surface area (Å²) in [7, 11) is 0. The number of ether oxygens (including phenoxy) is 1. The van der Waals surface area contributed by atoms with Gasteiger partial charge in [0, 0.05) is 9.75 Å². The van der Waals surface area contributed by atoms with Gasteiger partial charge in [-0.2, -0.15) is 0 Å². The third-order valence-corrected chi connectivity index (χ3v) is 4.86. The molecule has 2 aromatic heterocycles. The zero-order chi connectivity index (χ0) is 13.8. The van der Waals surface area contributed by atoms with Gasteiger partial charge in [0.15, 0.2) is 10.8 Å². The summed E-state index contributed by atoms with van der Waals surface area (Å²) in [6, 6.07) is 4.06. The molecule has 7 heteroatoms. The predicted octanol–water partition coefficient (Wildman–Crippen LogP) is 4.06. The van der Waals surface area contributed by atoms with Gasteiger partial charge < -0.3 is 10.1 Å². The quantitative estimate of drug-likeness (QED) is 0.816. The molecule has 0 saturated heterocycles. The van der Waals surface area contributed by atoms with Crippen molar-refractivity contribution in [3.8, 4) is 0 Å². The number of aromatic nitrogens is 1. The molecule has 0 saturated carbocycles. The van der Waals surface area contributed by atoms with Crippen molar-refractivity contribution in [2.24, 2.45) is 0 Å². The van der Waals surface area contributed by atoms with Gasteiger partial charge in [-0.05, 0) is 41.9 Å². The maximum Gasteiger partial charge on any atom is 0.358 e. The van der Waals surface area contributed by atoms with E-state index < -0.39 is 0 Å². The van der Waals surface area contributed by atoms with Crippen LogP contribution in [0, 0.1) is 6.92 Å². The molecule has 2 heterocycles. The van der Waals surface area contributed by atoms with Gasteiger partial charge in [0.1, 0.15) is 0 Å². The summed E-state index contributed by atoms with van der Waals surface area (Å²) < 4.78 is 6.07. The van der Waals surface area contributed by atoms with E-state index in [1.165, 1.54) is 16.2 Å². The Morgan fingerprint density at radius 3 is 2.89 bits per heavy atom. The van der Waals surface area contributed by atoms with Crippen LogP contribution in [0.2, 0.25) is 0 Å². The molecule has 0 aliphatic carbocycles. The Labute approximate surface area is 128 Å². The lowest BCUT2D eigenvalue weighted by molar-refractivity contribution is 0.0519. The number of carbonyl (C=O) groups excluding carboxylic acids is 1. The SMILES string of the molecule is CCOC(=O)c1nc(NCc2ccc(Br)s2)sc1C. The lowest BCUT2D eigenvalue weighted by atomic mass is 10.4. The third-order valence-electron chi connectivity index (χ3n) is 2.31. The fourth-order valence-electron chi connectivity index (χ4n) is 1.47. The lowest BCUT2D eigenvalue weighted by Gasteiger charge is -1.99. The number of carbonyl (C=O) groups is 1. The summed E-state index contributed by atoms with van der Waals surface area (Å²) >= 11 is 6.56. The Hall–Kier alpha value is -0.920. The number of thiazole rings is 1. The van der Waals surface area contributed by atoms with Crippen LogP contribution < -0.4 is 5.32 Å². The third kappa shape index (κ3) is 3.77. The first-order valence-corrected chi connectivity index (χ1v) is 8.15. The molecule has 0 aromatic carbocycles. The summed E-state index contributed by atoms with van der Waals surface area (Å²) in [5.74, 6) is -0.358. The molecule has 0 spiro atoms. The molecule has 0 aliphatic rings. The largest absolute Gasteiger partial charge is 0.461 e. The first-order valence-electron chi connectivity index (χ1n) is 5.72. The van der Waals surface area contributed by atoms with E-state index in [4.69, 9.17) is 4.74 Å². The van der Waals surface area contributed by atoms with Crippen molar-refractivity contribution in [2.45, 2.75) is 20.4 Å². The molecule has 2 rings (SSSR count). The summed E-state index contributed by atoms with van der Waals surface area (Å²) in [6.07, 6.45) is 0. The number of aryl methyl sites for hydroxylation is 1. The van der Waals surface area contributed by atoms with Gasteiger partial charge in [-0.15, -0.1) is 22.7 Å². The van der Waals surface area contributed by atoms with Crippen LogP contribution in [0.15, 0.2) is 15.9 Å². The molecule has 0 bridgehead atoms. The van der Waals surface area contributed by atoms with Gasteiger partial charge in [0.25, 0.3) is 0 Å². The Morgan fingerprint density at radius 2 is 2.26 bits per heavy atom. The van der Waals surface area contributed by atoms with Crippen LogP contribution in [-0.4, -0.2) is 17.6 Å². The summed E-state index contributed by atoms with van der Waals surface area (Å²) in [5, 5.41) is 3.96. The van der Waals surface area contributed by atoms with Gasteiger partial charge in [-0.3, -0.25) is 0 Å². The molecule has 4 nitrogen and oxygen atoms in total. The average Bonchev–Trinajstić information content (AvgIpc) is 2.93. The van der Waals surface area contributed by atoms with E-state index in [1.54, 1.807) is 18.3 Å². The molecular weight excluding hydrogens is 348 g/mol. The number of nitrogens with zero attached hydrogens (tertiary/aromatic N) is 1. The van der Waals surface area contributed by atoms with Crippen molar-refractivity contribution >= 4 is 49.7 Å². The van der Waals surface area contributed by atoms with E-state index in [0.717, 1.165) is 13.8 Å². The predicted molar refractivity (Wildman–Crippen MR) is 82.2 cm³/mol.